The Morgan fingerprint density at radius 3 is 2.57 bits per heavy atom. The average Bonchev–Trinajstić information content (AvgIpc) is 3.07. The van der Waals surface area contributed by atoms with Gasteiger partial charge in [0, 0.05) is 17.1 Å². The Morgan fingerprint density at radius 1 is 0.964 bits per heavy atom. The number of benzene rings is 3. The van der Waals surface area contributed by atoms with Gasteiger partial charge in [0.15, 0.2) is 0 Å². The van der Waals surface area contributed by atoms with E-state index in [4.69, 9.17) is 21.3 Å². The molecule has 0 aliphatic carbocycles. The van der Waals surface area contributed by atoms with E-state index in [0.29, 0.717) is 6.61 Å². The van der Waals surface area contributed by atoms with E-state index in [1.807, 2.05) is 30.3 Å². The number of hydrogen-bond donors (Lipinski definition) is 0. The zero-order valence-electron chi connectivity index (χ0n) is 16.2. The van der Waals surface area contributed by atoms with Gasteiger partial charge in [-0.3, -0.25) is 0 Å². The number of aryl methyl sites for hydroxylation is 3. The largest absolute Gasteiger partial charge is 0.493 e. The van der Waals surface area contributed by atoms with Crippen molar-refractivity contribution in [3.05, 3.63) is 82.9 Å². The molecule has 1 aromatic heterocycles. The fourth-order valence-corrected chi connectivity index (χ4v) is 3.51. The SMILES string of the molecule is Cc1ccc(C)c(OCCCn2c(-c3ccc(Cl)cc3)nc3ccccc32)c1. The maximum atomic E-state index is 6.06. The second kappa shape index (κ2) is 8.07. The summed E-state index contributed by atoms with van der Waals surface area (Å²) in [5, 5.41) is 0.730. The summed E-state index contributed by atoms with van der Waals surface area (Å²) in [5.41, 5.74) is 5.59. The van der Waals surface area contributed by atoms with Crippen LogP contribution >= 0.6 is 11.6 Å². The van der Waals surface area contributed by atoms with Crippen LogP contribution in [0.5, 0.6) is 5.75 Å². The Morgan fingerprint density at radius 2 is 1.75 bits per heavy atom. The molecule has 4 rings (SSSR count). The summed E-state index contributed by atoms with van der Waals surface area (Å²) in [6.07, 6.45) is 0.897. The number of fused-ring (bicyclic) bond motifs is 1. The lowest BCUT2D eigenvalue weighted by Gasteiger charge is -2.12. The van der Waals surface area contributed by atoms with Gasteiger partial charge in [-0.1, -0.05) is 35.9 Å². The molecule has 0 bridgehead atoms. The van der Waals surface area contributed by atoms with Crippen LogP contribution in [0.4, 0.5) is 0 Å². The first-order chi connectivity index (χ1) is 13.6. The molecule has 0 saturated heterocycles. The van der Waals surface area contributed by atoms with Gasteiger partial charge in [0.1, 0.15) is 11.6 Å². The average molecular weight is 391 g/mol. The van der Waals surface area contributed by atoms with E-state index >= 15 is 0 Å². The number of nitrogens with zero attached hydrogens (tertiary/aromatic N) is 2. The first-order valence-electron chi connectivity index (χ1n) is 9.53. The molecule has 0 amide bonds. The van der Waals surface area contributed by atoms with Gasteiger partial charge in [0.05, 0.1) is 17.6 Å². The molecule has 0 atom stereocenters. The molecule has 0 N–H and O–H groups in total. The van der Waals surface area contributed by atoms with Crippen LogP contribution in [0.25, 0.3) is 22.4 Å². The minimum atomic E-state index is 0.664. The van der Waals surface area contributed by atoms with Crippen LogP contribution in [0.2, 0.25) is 5.02 Å². The Labute approximate surface area is 170 Å². The summed E-state index contributed by atoms with van der Waals surface area (Å²) >= 11 is 6.06. The number of halogens is 1. The summed E-state index contributed by atoms with van der Waals surface area (Å²) in [6.45, 7) is 5.67. The number of ether oxygens (including phenoxy) is 1. The fourth-order valence-electron chi connectivity index (χ4n) is 3.39. The van der Waals surface area contributed by atoms with Crippen molar-refractivity contribution < 1.29 is 4.74 Å². The lowest BCUT2D eigenvalue weighted by atomic mass is 10.1. The molecule has 0 aliphatic rings. The van der Waals surface area contributed by atoms with Crippen molar-refractivity contribution in [1.82, 2.24) is 9.55 Å². The molecule has 1 heterocycles. The molecule has 3 aromatic carbocycles. The minimum absolute atomic E-state index is 0.664. The van der Waals surface area contributed by atoms with Gasteiger partial charge < -0.3 is 9.30 Å². The number of imidazole rings is 1. The van der Waals surface area contributed by atoms with E-state index < -0.39 is 0 Å². The van der Waals surface area contributed by atoms with Crippen LogP contribution in [0, 0.1) is 13.8 Å². The molecule has 0 radical (unpaired) electrons. The highest BCUT2D eigenvalue weighted by Crippen LogP contribution is 2.26. The molecule has 0 fully saturated rings. The van der Waals surface area contributed by atoms with Crippen LogP contribution in [0.15, 0.2) is 66.7 Å². The fraction of sp³-hybridized carbons (Fsp3) is 0.208. The van der Waals surface area contributed by atoms with E-state index in [1.165, 1.54) is 11.1 Å². The normalized spacial score (nSPS) is 11.1. The van der Waals surface area contributed by atoms with Crippen LogP contribution in [0.3, 0.4) is 0 Å². The summed E-state index contributed by atoms with van der Waals surface area (Å²) in [6, 6.07) is 22.4. The zero-order valence-corrected chi connectivity index (χ0v) is 16.9. The first-order valence-corrected chi connectivity index (χ1v) is 9.91. The number of para-hydroxylation sites is 2. The van der Waals surface area contributed by atoms with E-state index in [-0.39, 0.29) is 0 Å². The molecule has 142 valence electrons. The molecule has 4 heteroatoms. The summed E-state index contributed by atoms with van der Waals surface area (Å²) in [4.78, 5) is 4.85. The summed E-state index contributed by atoms with van der Waals surface area (Å²) < 4.78 is 8.31. The van der Waals surface area contributed by atoms with Crippen LogP contribution < -0.4 is 4.74 Å². The second-order valence-corrected chi connectivity index (χ2v) is 7.49. The van der Waals surface area contributed by atoms with Crippen LogP contribution in [0.1, 0.15) is 17.5 Å². The lowest BCUT2D eigenvalue weighted by molar-refractivity contribution is 0.301. The Bertz CT molecular complexity index is 1100. The number of rotatable bonds is 6. The van der Waals surface area contributed by atoms with Crippen LogP contribution in [-0.4, -0.2) is 16.2 Å². The standard InChI is InChI=1S/C24H23ClN2O/c1-17-8-9-18(2)23(16-17)28-15-5-14-27-22-7-4-3-6-21(22)26-24(27)19-10-12-20(25)13-11-19/h3-4,6-13,16H,5,14-15H2,1-2H3. The topological polar surface area (TPSA) is 27.1 Å². The van der Waals surface area contributed by atoms with E-state index in [2.05, 4.69) is 54.8 Å². The minimum Gasteiger partial charge on any atom is -0.493 e. The summed E-state index contributed by atoms with van der Waals surface area (Å²) in [5.74, 6) is 1.93. The van der Waals surface area contributed by atoms with Crippen molar-refractivity contribution in [1.29, 1.82) is 0 Å². The van der Waals surface area contributed by atoms with E-state index in [9.17, 15) is 0 Å². The number of aromatic nitrogens is 2. The third-order valence-corrected chi connectivity index (χ3v) is 5.14. The van der Waals surface area contributed by atoms with Crippen molar-refractivity contribution in [3.63, 3.8) is 0 Å². The van der Waals surface area contributed by atoms with Crippen molar-refractivity contribution >= 4 is 22.6 Å². The van der Waals surface area contributed by atoms with Gasteiger partial charge in [-0.15, -0.1) is 0 Å². The maximum absolute atomic E-state index is 6.06. The quantitative estimate of drug-likeness (QED) is 0.354. The van der Waals surface area contributed by atoms with Gasteiger partial charge >= 0.3 is 0 Å². The predicted molar refractivity (Wildman–Crippen MR) is 116 cm³/mol. The molecular weight excluding hydrogens is 368 g/mol. The molecule has 0 unspecified atom stereocenters. The van der Waals surface area contributed by atoms with Gasteiger partial charge in [0.25, 0.3) is 0 Å². The molecule has 0 spiro atoms. The monoisotopic (exact) mass is 390 g/mol. The van der Waals surface area contributed by atoms with Crippen LogP contribution in [-0.2, 0) is 6.54 Å². The Kier molecular flexibility index (Phi) is 5.36. The van der Waals surface area contributed by atoms with Crippen molar-refractivity contribution in [2.24, 2.45) is 0 Å². The van der Waals surface area contributed by atoms with Gasteiger partial charge in [0.2, 0.25) is 0 Å². The molecule has 0 aliphatic heterocycles. The summed E-state index contributed by atoms with van der Waals surface area (Å²) in [7, 11) is 0. The number of hydrogen-bond acceptors (Lipinski definition) is 2. The molecule has 28 heavy (non-hydrogen) atoms. The molecule has 0 saturated carbocycles. The highest BCUT2D eigenvalue weighted by molar-refractivity contribution is 6.30. The lowest BCUT2D eigenvalue weighted by Crippen LogP contribution is -2.06. The van der Waals surface area contributed by atoms with E-state index in [1.54, 1.807) is 0 Å². The smallest absolute Gasteiger partial charge is 0.141 e. The predicted octanol–water partition coefficient (Wildman–Crippen LogP) is 6.44. The molecular formula is C24H23ClN2O. The third-order valence-electron chi connectivity index (χ3n) is 4.88. The molecule has 4 aromatic rings. The molecule has 3 nitrogen and oxygen atoms in total. The highest BCUT2D eigenvalue weighted by atomic mass is 35.5. The van der Waals surface area contributed by atoms with Gasteiger partial charge in [-0.2, -0.15) is 0 Å². The van der Waals surface area contributed by atoms with Crippen molar-refractivity contribution in [2.45, 2.75) is 26.8 Å². The maximum Gasteiger partial charge on any atom is 0.141 e. The Balaban J connectivity index is 1.55. The Hall–Kier alpha value is -2.78. The van der Waals surface area contributed by atoms with Crippen molar-refractivity contribution in [3.8, 4) is 17.1 Å². The van der Waals surface area contributed by atoms with Crippen molar-refractivity contribution in [2.75, 3.05) is 6.61 Å². The second-order valence-electron chi connectivity index (χ2n) is 7.05. The zero-order chi connectivity index (χ0) is 19.5. The van der Waals surface area contributed by atoms with E-state index in [0.717, 1.165) is 46.2 Å². The van der Waals surface area contributed by atoms with Gasteiger partial charge in [-0.05, 0) is 73.9 Å². The third kappa shape index (κ3) is 3.90. The first kappa shape index (κ1) is 18.6. The highest BCUT2D eigenvalue weighted by Gasteiger charge is 2.12. The van der Waals surface area contributed by atoms with Gasteiger partial charge in [-0.25, -0.2) is 4.98 Å².